The fourth-order valence-corrected chi connectivity index (χ4v) is 5.01. The van der Waals surface area contributed by atoms with Gasteiger partial charge >= 0.3 is 0 Å². The Balaban J connectivity index is 1.56. The number of piperazine rings is 1. The summed E-state index contributed by atoms with van der Waals surface area (Å²) in [6.07, 6.45) is 3.77. The Bertz CT molecular complexity index is 565. The third-order valence-corrected chi connectivity index (χ3v) is 6.57. The van der Waals surface area contributed by atoms with E-state index in [9.17, 15) is 8.42 Å². The van der Waals surface area contributed by atoms with Crippen molar-refractivity contribution in [2.75, 3.05) is 39.3 Å². The van der Waals surface area contributed by atoms with Gasteiger partial charge in [-0.15, -0.1) is 0 Å². The van der Waals surface area contributed by atoms with Crippen LogP contribution in [-0.2, 0) is 16.8 Å². The first-order valence-electron chi connectivity index (χ1n) is 8.05. The van der Waals surface area contributed by atoms with E-state index >= 15 is 0 Å². The Morgan fingerprint density at radius 3 is 2.59 bits per heavy atom. The Morgan fingerprint density at radius 1 is 1.18 bits per heavy atom. The average molecular weight is 327 g/mol. The minimum atomic E-state index is -3.29. The monoisotopic (exact) mass is 327 g/mol. The number of hydrogen-bond acceptors (Lipinski definition) is 4. The molecule has 0 aliphatic carbocycles. The number of hydrogen-bond donors (Lipinski definition) is 0. The van der Waals surface area contributed by atoms with Crippen molar-refractivity contribution in [3.63, 3.8) is 0 Å². The van der Waals surface area contributed by atoms with Gasteiger partial charge in [-0.05, 0) is 30.9 Å². The van der Waals surface area contributed by atoms with Gasteiger partial charge in [0.25, 0.3) is 10.2 Å². The van der Waals surface area contributed by atoms with Crippen LogP contribution in [0.25, 0.3) is 0 Å². The van der Waals surface area contributed by atoms with Crippen LogP contribution in [-0.4, -0.2) is 61.2 Å². The average Bonchev–Trinajstić information content (AvgIpc) is 3.01. The van der Waals surface area contributed by atoms with Gasteiger partial charge in [0, 0.05) is 39.3 Å². The van der Waals surface area contributed by atoms with Crippen LogP contribution in [0.3, 0.4) is 0 Å². The van der Waals surface area contributed by atoms with Crippen LogP contribution in [0.5, 0.6) is 0 Å². The zero-order chi connectivity index (χ0) is 15.6. The van der Waals surface area contributed by atoms with Crippen molar-refractivity contribution in [2.45, 2.75) is 26.3 Å². The summed E-state index contributed by atoms with van der Waals surface area (Å²) in [5, 5.41) is 0. The number of furan rings is 1. The van der Waals surface area contributed by atoms with Crippen molar-refractivity contribution in [1.82, 2.24) is 13.5 Å². The maximum absolute atomic E-state index is 12.7. The second-order valence-electron chi connectivity index (χ2n) is 6.37. The molecule has 1 atom stereocenters. The minimum Gasteiger partial charge on any atom is -0.468 e. The van der Waals surface area contributed by atoms with Gasteiger partial charge in [0.1, 0.15) is 5.76 Å². The first-order chi connectivity index (χ1) is 10.6. The van der Waals surface area contributed by atoms with E-state index in [1.165, 1.54) is 0 Å². The third-order valence-electron chi connectivity index (χ3n) is 4.56. The molecule has 0 aromatic carbocycles. The van der Waals surface area contributed by atoms with E-state index in [0.29, 0.717) is 32.1 Å². The van der Waals surface area contributed by atoms with Crippen molar-refractivity contribution in [2.24, 2.45) is 5.92 Å². The highest BCUT2D eigenvalue weighted by Crippen LogP contribution is 2.21. The van der Waals surface area contributed by atoms with Gasteiger partial charge in [0.2, 0.25) is 0 Å². The van der Waals surface area contributed by atoms with Crippen LogP contribution in [0.1, 0.15) is 25.5 Å². The van der Waals surface area contributed by atoms with Gasteiger partial charge in [-0.1, -0.05) is 6.92 Å². The zero-order valence-electron chi connectivity index (χ0n) is 13.1. The van der Waals surface area contributed by atoms with Crippen LogP contribution in [0.4, 0.5) is 0 Å². The van der Waals surface area contributed by atoms with Crippen molar-refractivity contribution in [3.8, 4) is 0 Å². The number of nitrogens with zero attached hydrogens (tertiary/aromatic N) is 3. The molecule has 1 aromatic heterocycles. The van der Waals surface area contributed by atoms with Crippen LogP contribution in [0.2, 0.25) is 0 Å². The van der Waals surface area contributed by atoms with Gasteiger partial charge in [-0.3, -0.25) is 4.90 Å². The molecule has 2 aliphatic heterocycles. The van der Waals surface area contributed by atoms with Gasteiger partial charge < -0.3 is 4.42 Å². The van der Waals surface area contributed by atoms with Crippen molar-refractivity contribution in [1.29, 1.82) is 0 Å². The Hall–Kier alpha value is -0.890. The van der Waals surface area contributed by atoms with Crippen molar-refractivity contribution < 1.29 is 12.8 Å². The molecule has 2 saturated heterocycles. The molecule has 0 radical (unpaired) electrons. The summed E-state index contributed by atoms with van der Waals surface area (Å²) in [4.78, 5) is 2.24. The highest BCUT2D eigenvalue weighted by atomic mass is 32.2. The first kappa shape index (κ1) is 16.0. The van der Waals surface area contributed by atoms with Crippen LogP contribution in [0, 0.1) is 5.92 Å². The lowest BCUT2D eigenvalue weighted by molar-refractivity contribution is 0.161. The van der Waals surface area contributed by atoms with Gasteiger partial charge in [-0.25, -0.2) is 0 Å². The smallest absolute Gasteiger partial charge is 0.282 e. The van der Waals surface area contributed by atoms with E-state index in [4.69, 9.17) is 4.42 Å². The van der Waals surface area contributed by atoms with Gasteiger partial charge in [-0.2, -0.15) is 17.0 Å². The Labute approximate surface area is 132 Å². The lowest BCUT2D eigenvalue weighted by Crippen LogP contribution is -2.54. The summed E-state index contributed by atoms with van der Waals surface area (Å²) in [6, 6.07) is 3.84. The normalized spacial score (nSPS) is 26.3. The third kappa shape index (κ3) is 3.53. The fraction of sp³-hybridized carbons (Fsp3) is 0.733. The van der Waals surface area contributed by atoms with Crippen molar-refractivity contribution >= 4 is 10.2 Å². The quantitative estimate of drug-likeness (QED) is 0.838. The highest BCUT2D eigenvalue weighted by Gasteiger charge is 2.34. The number of rotatable bonds is 4. The molecular weight excluding hydrogens is 302 g/mol. The van der Waals surface area contributed by atoms with Crippen LogP contribution >= 0.6 is 0 Å². The molecule has 22 heavy (non-hydrogen) atoms. The molecule has 0 saturated carbocycles. The largest absolute Gasteiger partial charge is 0.468 e. The van der Waals surface area contributed by atoms with E-state index < -0.39 is 10.2 Å². The predicted octanol–water partition coefficient (Wildman–Crippen LogP) is 1.37. The van der Waals surface area contributed by atoms with E-state index in [1.807, 2.05) is 12.1 Å². The molecule has 2 aliphatic rings. The maximum Gasteiger partial charge on any atom is 0.282 e. The molecule has 2 fully saturated rings. The lowest BCUT2D eigenvalue weighted by atomic mass is 10.0. The minimum absolute atomic E-state index is 0.462. The Kier molecular flexibility index (Phi) is 4.87. The summed E-state index contributed by atoms with van der Waals surface area (Å²) >= 11 is 0. The second-order valence-corrected chi connectivity index (χ2v) is 8.30. The predicted molar refractivity (Wildman–Crippen MR) is 84.4 cm³/mol. The molecule has 0 N–H and O–H groups in total. The van der Waals surface area contributed by atoms with E-state index in [2.05, 4.69) is 11.8 Å². The summed E-state index contributed by atoms with van der Waals surface area (Å²) in [5.74, 6) is 1.39. The molecule has 3 rings (SSSR count). The van der Waals surface area contributed by atoms with E-state index in [1.54, 1.807) is 14.9 Å². The fourth-order valence-electron chi connectivity index (χ4n) is 3.26. The van der Waals surface area contributed by atoms with E-state index in [0.717, 1.165) is 38.2 Å². The second kappa shape index (κ2) is 6.70. The van der Waals surface area contributed by atoms with Crippen LogP contribution < -0.4 is 0 Å². The molecule has 1 aromatic rings. The molecule has 0 bridgehead atoms. The molecule has 0 amide bonds. The molecule has 7 heteroatoms. The summed E-state index contributed by atoms with van der Waals surface area (Å²) in [6.45, 7) is 6.84. The molecular formula is C15H25N3O3S. The van der Waals surface area contributed by atoms with E-state index in [-0.39, 0.29) is 0 Å². The van der Waals surface area contributed by atoms with Crippen molar-refractivity contribution in [3.05, 3.63) is 24.2 Å². The zero-order valence-corrected chi connectivity index (χ0v) is 14.0. The van der Waals surface area contributed by atoms with Gasteiger partial charge in [0.15, 0.2) is 0 Å². The van der Waals surface area contributed by atoms with Crippen LogP contribution in [0.15, 0.2) is 22.8 Å². The lowest BCUT2D eigenvalue weighted by Gasteiger charge is -2.38. The topological polar surface area (TPSA) is 57.0 Å². The summed E-state index contributed by atoms with van der Waals surface area (Å²) in [7, 11) is -3.29. The Morgan fingerprint density at radius 2 is 1.95 bits per heavy atom. The molecule has 0 spiro atoms. The summed E-state index contributed by atoms with van der Waals surface area (Å²) in [5.41, 5.74) is 0. The number of piperidine rings is 1. The molecule has 3 heterocycles. The SMILES string of the molecule is C[C@@H]1CCCN(S(=O)(=O)N2CCN(Cc3ccco3)CC2)C1. The molecule has 124 valence electrons. The first-order valence-corrected chi connectivity index (χ1v) is 9.45. The van der Waals surface area contributed by atoms with Gasteiger partial charge in [0.05, 0.1) is 12.8 Å². The molecule has 0 unspecified atom stereocenters. The standard InChI is InChI=1S/C15H25N3O3S/c1-14-4-2-6-18(12-14)22(19,20)17-9-7-16(8-10-17)13-15-5-3-11-21-15/h3,5,11,14H,2,4,6-10,12-13H2,1H3/t14-/m1/s1. The highest BCUT2D eigenvalue weighted by molar-refractivity contribution is 7.86. The maximum atomic E-state index is 12.7. The molecule has 6 nitrogen and oxygen atoms in total. The summed E-state index contributed by atoms with van der Waals surface area (Å²) < 4.78 is 34.1.